The van der Waals surface area contributed by atoms with Crippen molar-refractivity contribution in [1.29, 1.82) is 0 Å². The fourth-order valence-corrected chi connectivity index (χ4v) is 3.53. The first-order chi connectivity index (χ1) is 8.57. The maximum atomic E-state index is 12.4. The predicted molar refractivity (Wildman–Crippen MR) is 63.4 cm³/mol. The van der Waals surface area contributed by atoms with Gasteiger partial charge in [0.15, 0.2) is 5.03 Å². The van der Waals surface area contributed by atoms with Crippen LogP contribution in [0, 0.1) is 6.92 Å². The third kappa shape index (κ3) is 2.41. The van der Waals surface area contributed by atoms with Crippen molar-refractivity contribution in [3.63, 3.8) is 0 Å². The van der Waals surface area contributed by atoms with E-state index in [1.165, 1.54) is 4.31 Å². The van der Waals surface area contributed by atoms with E-state index in [1.54, 1.807) is 6.92 Å². The number of hydrogen-bond donors (Lipinski definition) is 2. The van der Waals surface area contributed by atoms with Gasteiger partial charge >= 0.3 is 0 Å². The van der Waals surface area contributed by atoms with E-state index in [1.807, 2.05) is 0 Å². The van der Waals surface area contributed by atoms with Crippen LogP contribution >= 0.6 is 0 Å². The highest BCUT2D eigenvalue weighted by atomic mass is 32.2. The summed E-state index contributed by atoms with van der Waals surface area (Å²) in [6, 6.07) is 0. The quantitative estimate of drug-likeness (QED) is 0.784. The van der Waals surface area contributed by atoms with E-state index in [-0.39, 0.29) is 11.6 Å². The van der Waals surface area contributed by atoms with Crippen LogP contribution in [0.1, 0.15) is 17.7 Å². The highest BCUT2D eigenvalue weighted by Gasteiger charge is 2.30. The summed E-state index contributed by atoms with van der Waals surface area (Å²) in [6.45, 7) is 3.03. The van der Waals surface area contributed by atoms with Crippen molar-refractivity contribution in [2.75, 3.05) is 26.3 Å². The Morgan fingerprint density at radius 3 is 2.94 bits per heavy atom. The van der Waals surface area contributed by atoms with Crippen molar-refractivity contribution in [3.05, 3.63) is 11.3 Å². The summed E-state index contributed by atoms with van der Waals surface area (Å²) in [7, 11) is -3.66. The van der Waals surface area contributed by atoms with Crippen LogP contribution in [0.15, 0.2) is 5.03 Å². The third-order valence-electron chi connectivity index (χ3n) is 2.96. The molecule has 102 valence electrons. The van der Waals surface area contributed by atoms with Gasteiger partial charge in [-0.25, -0.2) is 8.42 Å². The van der Waals surface area contributed by atoms with Gasteiger partial charge in [-0.15, -0.1) is 0 Å². The number of aryl methyl sites for hydroxylation is 1. The van der Waals surface area contributed by atoms with E-state index < -0.39 is 10.0 Å². The molecule has 2 N–H and O–H groups in total. The van der Waals surface area contributed by atoms with Crippen molar-refractivity contribution >= 4 is 10.0 Å². The van der Waals surface area contributed by atoms with Gasteiger partial charge in [0.25, 0.3) is 10.0 Å². The first-order valence-electron chi connectivity index (χ1n) is 5.80. The summed E-state index contributed by atoms with van der Waals surface area (Å²) in [5.41, 5.74) is 0.905. The Morgan fingerprint density at radius 1 is 1.44 bits per heavy atom. The number of nitrogens with one attached hydrogen (secondary N) is 1. The van der Waals surface area contributed by atoms with Crippen LogP contribution in [-0.2, 0) is 21.4 Å². The summed E-state index contributed by atoms with van der Waals surface area (Å²) in [4.78, 5) is 0. The minimum Gasteiger partial charge on any atom is -0.392 e. The Bertz CT molecular complexity index is 503. The molecule has 7 nitrogen and oxygen atoms in total. The molecule has 1 saturated heterocycles. The average Bonchev–Trinajstić information content (AvgIpc) is 2.56. The molecule has 0 atom stereocenters. The van der Waals surface area contributed by atoms with Crippen LogP contribution < -0.4 is 0 Å². The summed E-state index contributed by atoms with van der Waals surface area (Å²) in [5, 5.41) is 15.6. The molecule has 18 heavy (non-hydrogen) atoms. The number of aliphatic hydroxyl groups excluding tert-OH is 1. The number of rotatable bonds is 3. The number of aliphatic hydroxyl groups is 1. The van der Waals surface area contributed by atoms with E-state index in [0.29, 0.717) is 44.0 Å². The molecule has 0 radical (unpaired) electrons. The minimum absolute atomic E-state index is 0.0793. The molecular weight excluding hydrogens is 258 g/mol. The van der Waals surface area contributed by atoms with Gasteiger partial charge in [0.05, 0.1) is 13.2 Å². The molecule has 8 heteroatoms. The van der Waals surface area contributed by atoms with Gasteiger partial charge in [0, 0.05) is 31.0 Å². The van der Waals surface area contributed by atoms with Crippen LogP contribution in [0.3, 0.4) is 0 Å². The van der Waals surface area contributed by atoms with Gasteiger partial charge in [0.2, 0.25) is 0 Å². The normalized spacial score (nSPS) is 18.8. The molecule has 2 rings (SSSR count). The summed E-state index contributed by atoms with van der Waals surface area (Å²) in [5.74, 6) is 0. The molecule has 0 aromatic carbocycles. The van der Waals surface area contributed by atoms with E-state index in [9.17, 15) is 13.5 Å². The molecule has 1 aliphatic rings. The van der Waals surface area contributed by atoms with Crippen LogP contribution in [0.4, 0.5) is 0 Å². The Balaban J connectivity index is 2.34. The number of ether oxygens (including phenoxy) is 1. The number of H-pyrrole nitrogens is 1. The molecule has 0 aliphatic carbocycles. The second kappa shape index (κ2) is 5.35. The maximum absolute atomic E-state index is 12.4. The SMILES string of the molecule is Cc1[nH]nc(S(=O)(=O)N2CCCOCC2)c1CO. The van der Waals surface area contributed by atoms with Gasteiger partial charge < -0.3 is 9.84 Å². The summed E-state index contributed by atoms with van der Waals surface area (Å²) >= 11 is 0. The lowest BCUT2D eigenvalue weighted by Gasteiger charge is -2.18. The largest absolute Gasteiger partial charge is 0.392 e. The standard InChI is InChI=1S/C10H17N3O4S/c1-8-9(7-14)10(12-11-8)18(15,16)13-3-2-5-17-6-4-13/h14H,2-7H2,1H3,(H,11,12). The van der Waals surface area contributed by atoms with Gasteiger partial charge in [-0.05, 0) is 13.3 Å². The first kappa shape index (κ1) is 13.5. The van der Waals surface area contributed by atoms with Crippen LogP contribution in [0.2, 0.25) is 0 Å². The fourth-order valence-electron chi connectivity index (χ4n) is 1.92. The number of sulfonamides is 1. The van der Waals surface area contributed by atoms with Crippen molar-refractivity contribution in [3.8, 4) is 0 Å². The predicted octanol–water partition coefficient (Wildman–Crippen LogP) is -0.379. The lowest BCUT2D eigenvalue weighted by atomic mass is 10.3. The Hall–Kier alpha value is -0.960. The van der Waals surface area contributed by atoms with E-state index in [4.69, 9.17) is 4.74 Å². The minimum atomic E-state index is -3.66. The smallest absolute Gasteiger partial charge is 0.262 e. The second-order valence-electron chi connectivity index (χ2n) is 4.16. The van der Waals surface area contributed by atoms with Crippen LogP contribution in [0.5, 0.6) is 0 Å². The number of nitrogens with zero attached hydrogens (tertiary/aromatic N) is 2. The van der Waals surface area contributed by atoms with Gasteiger partial charge in [-0.3, -0.25) is 5.10 Å². The van der Waals surface area contributed by atoms with Gasteiger partial charge in [0.1, 0.15) is 0 Å². The lowest BCUT2D eigenvalue weighted by Crippen LogP contribution is -2.34. The van der Waals surface area contributed by atoms with E-state index >= 15 is 0 Å². The third-order valence-corrected chi connectivity index (χ3v) is 4.83. The number of aromatic nitrogens is 2. The van der Waals surface area contributed by atoms with Crippen LogP contribution in [-0.4, -0.2) is 54.3 Å². The van der Waals surface area contributed by atoms with Gasteiger partial charge in [-0.2, -0.15) is 9.40 Å². The number of aromatic amines is 1. The zero-order chi connectivity index (χ0) is 13.2. The molecule has 1 fully saturated rings. The molecule has 0 amide bonds. The van der Waals surface area contributed by atoms with Crippen molar-refractivity contribution in [1.82, 2.24) is 14.5 Å². The summed E-state index contributed by atoms with van der Waals surface area (Å²) < 4.78 is 31.4. The highest BCUT2D eigenvalue weighted by molar-refractivity contribution is 7.89. The molecule has 1 aromatic heterocycles. The molecular formula is C10H17N3O4S. The molecule has 0 unspecified atom stereocenters. The van der Waals surface area contributed by atoms with Crippen LogP contribution in [0.25, 0.3) is 0 Å². The fraction of sp³-hybridized carbons (Fsp3) is 0.700. The summed E-state index contributed by atoms with van der Waals surface area (Å²) in [6.07, 6.45) is 0.664. The van der Waals surface area contributed by atoms with Gasteiger partial charge in [-0.1, -0.05) is 0 Å². The monoisotopic (exact) mass is 275 g/mol. The molecule has 1 aromatic rings. The highest BCUT2D eigenvalue weighted by Crippen LogP contribution is 2.21. The molecule has 2 heterocycles. The van der Waals surface area contributed by atoms with Crippen molar-refractivity contribution in [2.45, 2.75) is 25.0 Å². The Morgan fingerprint density at radius 2 is 2.22 bits per heavy atom. The molecule has 0 bridgehead atoms. The van der Waals surface area contributed by atoms with E-state index in [0.717, 1.165) is 0 Å². The topological polar surface area (TPSA) is 95.5 Å². The second-order valence-corrected chi connectivity index (χ2v) is 6.01. The lowest BCUT2D eigenvalue weighted by molar-refractivity contribution is 0.148. The Labute approximate surface area is 106 Å². The Kier molecular flexibility index (Phi) is 4.00. The maximum Gasteiger partial charge on any atom is 0.262 e. The van der Waals surface area contributed by atoms with Crippen molar-refractivity contribution < 1.29 is 18.3 Å². The zero-order valence-corrected chi connectivity index (χ0v) is 11.0. The van der Waals surface area contributed by atoms with Crippen molar-refractivity contribution in [2.24, 2.45) is 0 Å². The van der Waals surface area contributed by atoms with E-state index in [2.05, 4.69) is 10.2 Å². The molecule has 0 saturated carbocycles. The molecule has 1 aliphatic heterocycles. The number of hydrogen-bond acceptors (Lipinski definition) is 5. The average molecular weight is 275 g/mol. The molecule has 0 spiro atoms. The first-order valence-corrected chi connectivity index (χ1v) is 7.24. The zero-order valence-electron chi connectivity index (χ0n) is 10.2.